The number of benzene rings is 1. The van der Waals surface area contributed by atoms with Crippen LogP contribution in [0.3, 0.4) is 0 Å². The van der Waals surface area contributed by atoms with E-state index in [0.717, 1.165) is 5.56 Å². The zero-order valence-corrected chi connectivity index (χ0v) is 9.90. The molecule has 0 fully saturated rings. The van der Waals surface area contributed by atoms with E-state index in [1.54, 1.807) is 18.2 Å². The smallest absolute Gasteiger partial charge is 0.257 e. The van der Waals surface area contributed by atoms with Crippen LogP contribution in [0.4, 0.5) is 5.82 Å². The zero-order chi connectivity index (χ0) is 12.3. The Labute approximate surface area is 104 Å². The average Bonchev–Trinajstić information content (AvgIpc) is 2.32. The molecule has 0 bridgehead atoms. The van der Waals surface area contributed by atoms with Gasteiger partial charge >= 0.3 is 0 Å². The van der Waals surface area contributed by atoms with E-state index in [1.807, 2.05) is 25.1 Å². The number of nitrogens with one attached hydrogen (secondary N) is 1. The van der Waals surface area contributed by atoms with Crippen LogP contribution in [0.15, 0.2) is 36.4 Å². The molecule has 2 aromatic rings. The Balaban J connectivity index is 2.17. The number of anilines is 1. The molecule has 1 heterocycles. The summed E-state index contributed by atoms with van der Waals surface area (Å²) in [5.74, 6) is 0.169. The van der Waals surface area contributed by atoms with Crippen LogP contribution >= 0.6 is 11.6 Å². The van der Waals surface area contributed by atoms with Crippen LogP contribution in [-0.4, -0.2) is 16.1 Å². The fourth-order valence-electron chi connectivity index (χ4n) is 1.39. The van der Waals surface area contributed by atoms with Gasteiger partial charge in [0, 0.05) is 5.56 Å². The van der Waals surface area contributed by atoms with Crippen molar-refractivity contribution in [2.45, 2.75) is 6.92 Å². The van der Waals surface area contributed by atoms with E-state index in [2.05, 4.69) is 15.5 Å². The molecule has 0 aliphatic rings. The summed E-state index contributed by atoms with van der Waals surface area (Å²) in [7, 11) is 0. The van der Waals surface area contributed by atoms with Crippen molar-refractivity contribution in [2.24, 2.45) is 0 Å². The summed E-state index contributed by atoms with van der Waals surface area (Å²) in [4.78, 5) is 11.9. The first-order chi connectivity index (χ1) is 8.16. The van der Waals surface area contributed by atoms with E-state index in [4.69, 9.17) is 11.6 Å². The van der Waals surface area contributed by atoms with Crippen molar-refractivity contribution in [1.82, 2.24) is 10.2 Å². The lowest BCUT2D eigenvalue weighted by Gasteiger charge is -2.05. The van der Waals surface area contributed by atoms with Gasteiger partial charge in [-0.3, -0.25) is 4.79 Å². The van der Waals surface area contributed by atoms with E-state index in [1.165, 1.54) is 0 Å². The number of hydrogen-bond donors (Lipinski definition) is 1. The lowest BCUT2D eigenvalue weighted by atomic mass is 10.1. The second kappa shape index (κ2) is 4.93. The lowest BCUT2D eigenvalue weighted by Crippen LogP contribution is -2.14. The van der Waals surface area contributed by atoms with Crippen LogP contribution < -0.4 is 5.32 Å². The molecular formula is C12H10ClN3O. The third-order valence-corrected chi connectivity index (χ3v) is 2.46. The summed E-state index contributed by atoms with van der Waals surface area (Å²) in [5.41, 5.74) is 1.52. The molecule has 0 aliphatic carbocycles. The van der Waals surface area contributed by atoms with Crippen molar-refractivity contribution in [3.63, 3.8) is 0 Å². The normalized spacial score (nSPS) is 10.0. The Hall–Kier alpha value is -1.94. The maximum Gasteiger partial charge on any atom is 0.257 e. The molecule has 1 N–H and O–H groups in total. The van der Waals surface area contributed by atoms with Crippen molar-refractivity contribution in [3.05, 3.63) is 52.7 Å². The SMILES string of the molecule is Cc1ccccc1C(=O)Nc1ccc(Cl)nn1. The number of carbonyl (C=O) groups excluding carboxylic acids is 1. The Kier molecular flexibility index (Phi) is 3.35. The highest BCUT2D eigenvalue weighted by Crippen LogP contribution is 2.11. The molecule has 5 heteroatoms. The fraction of sp³-hybridized carbons (Fsp3) is 0.0833. The number of aryl methyl sites for hydroxylation is 1. The van der Waals surface area contributed by atoms with Gasteiger partial charge in [-0.1, -0.05) is 29.8 Å². The molecule has 0 saturated carbocycles. The van der Waals surface area contributed by atoms with Crippen molar-refractivity contribution < 1.29 is 4.79 Å². The predicted octanol–water partition coefficient (Wildman–Crippen LogP) is 2.69. The fourth-order valence-corrected chi connectivity index (χ4v) is 1.49. The maximum atomic E-state index is 11.9. The number of halogens is 1. The molecule has 0 radical (unpaired) electrons. The van der Waals surface area contributed by atoms with Crippen LogP contribution in [0.5, 0.6) is 0 Å². The lowest BCUT2D eigenvalue weighted by molar-refractivity contribution is 0.102. The Bertz CT molecular complexity index is 540. The maximum absolute atomic E-state index is 11.9. The molecule has 86 valence electrons. The summed E-state index contributed by atoms with van der Waals surface area (Å²) < 4.78 is 0. The molecule has 1 amide bonds. The molecule has 0 saturated heterocycles. The van der Waals surface area contributed by atoms with Crippen molar-refractivity contribution in [3.8, 4) is 0 Å². The van der Waals surface area contributed by atoms with Crippen molar-refractivity contribution in [1.29, 1.82) is 0 Å². The first-order valence-electron chi connectivity index (χ1n) is 5.03. The Morgan fingerprint density at radius 2 is 1.94 bits per heavy atom. The van der Waals surface area contributed by atoms with E-state index in [0.29, 0.717) is 16.5 Å². The zero-order valence-electron chi connectivity index (χ0n) is 9.14. The molecule has 0 unspecified atom stereocenters. The van der Waals surface area contributed by atoms with Crippen LogP contribution in [-0.2, 0) is 0 Å². The highest BCUT2D eigenvalue weighted by Gasteiger charge is 2.08. The molecule has 2 rings (SSSR count). The largest absolute Gasteiger partial charge is 0.305 e. The number of nitrogens with zero attached hydrogens (tertiary/aromatic N) is 2. The third-order valence-electron chi connectivity index (χ3n) is 2.26. The first-order valence-corrected chi connectivity index (χ1v) is 5.41. The van der Waals surface area contributed by atoms with E-state index < -0.39 is 0 Å². The molecule has 0 spiro atoms. The highest BCUT2D eigenvalue weighted by atomic mass is 35.5. The number of hydrogen-bond acceptors (Lipinski definition) is 3. The van der Waals surface area contributed by atoms with Gasteiger partial charge in [0.15, 0.2) is 11.0 Å². The van der Waals surface area contributed by atoms with Gasteiger partial charge in [0.2, 0.25) is 0 Å². The van der Waals surface area contributed by atoms with E-state index in [9.17, 15) is 4.79 Å². The molecule has 1 aromatic carbocycles. The van der Waals surface area contributed by atoms with Gasteiger partial charge in [-0.05, 0) is 30.7 Å². The second-order valence-electron chi connectivity index (χ2n) is 3.51. The molecule has 1 aromatic heterocycles. The molecular weight excluding hydrogens is 238 g/mol. The summed E-state index contributed by atoms with van der Waals surface area (Å²) >= 11 is 5.60. The standard InChI is InChI=1S/C12H10ClN3O/c1-8-4-2-3-5-9(8)12(17)14-11-7-6-10(13)15-16-11/h2-7H,1H3,(H,14,16,17). The Morgan fingerprint density at radius 1 is 1.18 bits per heavy atom. The minimum atomic E-state index is -0.209. The minimum absolute atomic E-state index is 0.209. The predicted molar refractivity (Wildman–Crippen MR) is 66.2 cm³/mol. The van der Waals surface area contributed by atoms with Gasteiger partial charge in [-0.2, -0.15) is 0 Å². The van der Waals surface area contributed by atoms with Crippen LogP contribution in [0.25, 0.3) is 0 Å². The van der Waals surface area contributed by atoms with Gasteiger partial charge in [-0.15, -0.1) is 10.2 Å². The third kappa shape index (κ3) is 2.79. The summed E-state index contributed by atoms with van der Waals surface area (Å²) in [6.07, 6.45) is 0. The minimum Gasteiger partial charge on any atom is -0.305 e. The number of aromatic nitrogens is 2. The van der Waals surface area contributed by atoms with Gasteiger partial charge in [-0.25, -0.2) is 0 Å². The number of carbonyl (C=O) groups is 1. The average molecular weight is 248 g/mol. The molecule has 17 heavy (non-hydrogen) atoms. The Morgan fingerprint density at radius 3 is 2.59 bits per heavy atom. The van der Waals surface area contributed by atoms with Crippen LogP contribution in [0.1, 0.15) is 15.9 Å². The topological polar surface area (TPSA) is 54.9 Å². The highest BCUT2D eigenvalue weighted by molar-refractivity contribution is 6.29. The second-order valence-corrected chi connectivity index (χ2v) is 3.90. The van der Waals surface area contributed by atoms with Gasteiger partial charge in [0.1, 0.15) is 0 Å². The van der Waals surface area contributed by atoms with Crippen LogP contribution in [0.2, 0.25) is 5.15 Å². The number of amides is 1. The van der Waals surface area contributed by atoms with E-state index in [-0.39, 0.29) is 5.91 Å². The summed E-state index contributed by atoms with van der Waals surface area (Å²) in [5, 5.41) is 10.4. The van der Waals surface area contributed by atoms with Gasteiger partial charge < -0.3 is 5.32 Å². The van der Waals surface area contributed by atoms with Gasteiger partial charge in [0.25, 0.3) is 5.91 Å². The molecule has 0 atom stereocenters. The van der Waals surface area contributed by atoms with Crippen molar-refractivity contribution in [2.75, 3.05) is 5.32 Å². The van der Waals surface area contributed by atoms with Crippen molar-refractivity contribution >= 4 is 23.3 Å². The first kappa shape index (κ1) is 11.5. The number of rotatable bonds is 2. The molecule has 0 aliphatic heterocycles. The van der Waals surface area contributed by atoms with Gasteiger partial charge in [0.05, 0.1) is 0 Å². The monoisotopic (exact) mass is 247 g/mol. The van der Waals surface area contributed by atoms with E-state index >= 15 is 0 Å². The van der Waals surface area contributed by atoms with Crippen LogP contribution in [0, 0.1) is 6.92 Å². The summed E-state index contributed by atoms with van der Waals surface area (Å²) in [6.45, 7) is 1.88. The molecule has 4 nitrogen and oxygen atoms in total. The quantitative estimate of drug-likeness (QED) is 0.888. The summed E-state index contributed by atoms with van der Waals surface area (Å²) in [6, 6.07) is 10.5.